The van der Waals surface area contributed by atoms with Crippen LogP contribution < -0.4 is 9.46 Å². The van der Waals surface area contributed by atoms with Crippen molar-refractivity contribution in [3.8, 4) is 5.75 Å². The molecule has 1 aromatic heterocycles. The zero-order valence-corrected chi connectivity index (χ0v) is 18.3. The van der Waals surface area contributed by atoms with Crippen LogP contribution >= 0.6 is 0 Å². The van der Waals surface area contributed by atoms with E-state index in [0.717, 1.165) is 59.8 Å². The molecule has 0 aliphatic heterocycles. The number of aromatic nitrogens is 1. The second-order valence-electron chi connectivity index (χ2n) is 8.27. The second kappa shape index (κ2) is 8.67. The number of hydrogen-bond donors (Lipinski definition) is 1. The maximum atomic E-state index is 12.3. The lowest BCUT2D eigenvalue weighted by atomic mass is 9.76. The first-order valence-corrected chi connectivity index (χ1v) is 12.3. The predicted molar refractivity (Wildman–Crippen MR) is 120 cm³/mol. The van der Waals surface area contributed by atoms with Crippen LogP contribution in [0.25, 0.3) is 10.9 Å². The molecule has 0 bridgehead atoms. The lowest BCUT2D eigenvalue weighted by molar-refractivity contribution is -0.120. The highest BCUT2D eigenvalue weighted by molar-refractivity contribution is 7.89. The Morgan fingerprint density at radius 1 is 1.03 bits per heavy atom. The topological polar surface area (TPSA) is 85.4 Å². The molecule has 1 aliphatic rings. The van der Waals surface area contributed by atoms with E-state index >= 15 is 0 Å². The molecule has 2 aromatic carbocycles. The Kier molecular flexibility index (Phi) is 5.96. The van der Waals surface area contributed by atoms with E-state index in [0.29, 0.717) is 6.61 Å². The van der Waals surface area contributed by atoms with Crippen LogP contribution in [0.2, 0.25) is 0 Å². The van der Waals surface area contributed by atoms with Gasteiger partial charge in [0.05, 0.1) is 17.5 Å². The number of nitrogens with one attached hydrogen (secondary N) is 1. The Labute approximate surface area is 182 Å². The number of hydrogen-bond acceptors (Lipinski definition) is 5. The fourth-order valence-electron chi connectivity index (χ4n) is 4.42. The van der Waals surface area contributed by atoms with E-state index in [1.165, 1.54) is 0 Å². The molecule has 4 rings (SSSR count). The van der Waals surface area contributed by atoms with Crippen LogP contribution in [0.3, 0.4) is 0 Å². The van der Waals surface area contributed by atoms with Gasteiger partial charge in [-0.2, -0.15) is 0 Å². The number of amides is 1. The number of fused-ring (bicyclic) bond motifs is 1. The molecule has 0 spiro atoms. The average molecular weight is 439 g/mol. The van der Waals surface area contributed by atoms with Crippen molar-refractivity contribution in [2.75, 3.05) is 6.26 Å². The van der Waals surface area contributed by atoms with Gasteiger partial charge in [-0.15, -0.1) is 0 Å². The summed E-state index contributed by atoms with van der Waals surface area (Å²) >= 11 is 0. The number of pyridine rings is 1. The quantitative estimate of drug-likeness (QED) is 0.600. The Morgan fingerprint density at radius 3 is 2.45 bits per heavy atom. The van der Waals surface area contributed by atoms with E-state index < -0.39 is 15.9 Å². The number of nitrogens with zero attached hydrogens (tertiary/aromatic N) is 1. The van der Waals surface area contributed by atoms with Gasteiger partial charge in [0.1, 0.15) is 12.4 Å². The van der Waals surface area contributed by atoms with Crippen molar-refractivity contribution < 1.29 is 17.9 Å². The van der Waals surface area contributed by atoms with E-state index in [1.54, 1.807) is 0 Å². The summed E-state index contributed by atoms with van der Waals surface area (Å²) in [6.07, 6.45) is 4.96. The van der Waals surface area contributed by atoms with Crippen LogP contribution in [0.1, 0.15) is 43.4 Å². The number of para-hydroxylation sites is 1. The molecule has 1 amide bonds. The van der Waals surface area contributed by atoms with Crippen molar-refractivity contribution in [2.45, 2.75) is 44.1 Å². The zero-order chi connectivity index (χ0) is 21.9. The van der Waals surface area contributed by atoms with Gasteiger partial charge in [0.25, 0.3) is 0 Å². The first kappa shape index (κ1) is 21.3. The summed E-state index contributed by atoms with van der Waals surface area (Å²) in [5.41, 5.74) is 2.51. The molecule has 1 aliphatic carbocycles. The normalized spacial score (nSPS) is 15.6. The number of sulfonamides is 1. The van der Waals surface area contributed by atoms with E-state index in [4.69, 9.17) is 4.74 Å². The summed E-state index contributed by atoms with van der Waals surface area (Å²) in [4.78, 5) is 16.9. The summed E-state index contributed by atoms with van der Waals surface area (Å²) in [5.74, 6) is 0.277. The monoisotopic (exact) mass is 438 g/mol. The second-order valence-corrected chi connectivity index (χ2v) is 10.0. The maximum absolute atomic E-state index is 12.3. The van der Waals surface area contributed by atoms with Crippen molar-refractivity contribution in [3.63, 3.8) is 0 Å². The Hall–Kier alpha value is -2.93. The number of carbonyl (C=O) groups is 1. The fourth-order valence-corrected chi connectivity index (χ4v) is 4.91. The molecule has 1 fully saturated rings. The number of benzene rings is 2. The van der Waals surface area contributed by atoms with Gasteiger partial charge < -0.3 is 4.74 Å². The Balaban J connectivity index is 1.44. The molecule has 0 atom stereocenters. The van der Waals surface area contributed by atoms with Crippen molar-refractivity contribution >= 4 is 26.8 Å². The molecule has 0 unspecified atom stereocenters. The third kappa shape index (κ3) is 5.22. The van der Waals surface area contributed by atoms with Gasteiger partial charge in [0.2, 0.25) is 15.9 Å². The van der Waals surface area contributed by atoms with Crippen molar-refractivity contribution in [3.05, 3.63) is 71.9 Å². The van der Waals surface area contributed by atoms with E-state index in [-0.39, 0.29) is 11.8 Å². The smallest absolute Gasteiger partial charge is 0.234 e. The van der Waals surface area contributed by atoms with Crippen LogP contribution in [0.4, 0.5) is 0 Å². The first-order valence-electron chi connectivity index (χ1n) is 10.4. The highest BCUT2D eigenvalue weighted by Crippen LogP contribution is 2.44. The summed E-state index contributed by atoms with van der Waals surface area (Å²) in [6.45, 7) is 0.367. The van der Waals surface area contributed by atoms with E-state index in [2.05, 4.69) is 9.71 Å². The van der Waals surface area contributed by atoms with E-state index in [9.17, 15) is 13.2 Å². The minimum Gasteiger partial charge on any atom is -0.487 e. The summed E-state index contributed by atoms with van der Waals surface area (Å²) < 4.78 is 30.8. The molecule has 3 aromatic rings. The molecule has 0 saturated heterocycles. The molecule has 1 heterocycles. The zero-order valence-electron chi connectivity index (χ0n) is 17.5. The van der Waals surface area contributed by atoms with Gasteiger partial charge in [-0.05, 0) is 42.7 Å². The summed E-state index contributed by atoms with van der Waals surface area (Å²) in [5, 5.41) is 1.09. The van der Waals surface area contributed by atoms with Crippen LogP contribution in [-0.4, -0.2) is 25.6 Å². The molecular formula is C24H26N2O4S. The first-order chi connectivity index (χ1) is 14.8. The molecule has 1 saturated carbocycles. The minimum atomic E-state index is -3.55. The molecule has 31 heavy (non-hydrogen) atoms. The molecular weight excluding hydrogens is 412 g/mol. The van der Waals surface area contributed by atoms with Gasteiger partial charge >= 0.3 is 0 Å². The van der Waals surface area contributed by atoms with Gasteiger partial charge in [0.15, 0.2) is 0 Å². The Morgan fingerprint density at radius 2 is 1.74 bits per heavy atom. The SMILES string of the molecule is CS(=O)(=O)NC(=O)CC1(c2ccc(OCc3ccc4ccccc4n3)cc2)CCCC1. The molecule has 7 heteroatoms. The number of rotatable bonds is 7. The number of carbonyl (C=O) groups excluding carboxylic acids is 1. The molecule has 162 valence electrons. The molecule has 0 radical (unpaired) electrons. The lowest BCUT2D eigenvalue weighted by Crippen LogP contribution is -2.36. The fraction of sp³-hybridized carbons (Fsp3) is 0.333. The maximum Gasteiger partial charge on any atom is 0.234 e. The number of ether oxygens (including phenoxy) is 1. The minimum absolute atomic E-state index is 0.168. The van der Waals surface area contributed by atoms with Gasteiger partial charge in [-0.1, -0.05) is 49.2 Å². The van der Waals surface area contributed by atoms with Crippen LogP contribution in [-0.2, 0) is 26.8 Å². The van der Waals surface area contributed by atoms with Crippen LogP contribution in [0.15, 0.2) is 60.7 Å². The highest BCUT2D eigenvalue weighted by Gasteiger charge is 2.38. The van der Waals surface area contributed by atoms with Crippen molar-refractivity contribution in [1.82, 2.24) is 9.71 Å². The van der Waals surface area contributed by atoms with Gasteiger partial charge in [0, 0.05) is 17.2 Å². The molecule has 1 N–H and O–H groups in total. The van der Waals surface area contributed by atoms with Gasteiger partial charge in [-0.25, -0.2) is 13.4 Å². The summed E-state index contributed by atoms with van der Waals surface area (Å²) in [7, 11) is -3.55. The Bertz CT molecular complexity index is 1180. The van der Waals surface area contributed by atoms with Crippen molar-refractivity contribution in [2.24, 2.45) is 0 Å². The third-order valence-electron chi connectivity index (χ3n) is 5.87. The average Bonchev–Trinajstić information content (AvgIpc) is 3.20. The van der Waals surface area contributed by atoms with Crippen LogP contribution in [0, 0.1) is 0 Å². The largest absolute Gasteiger partial charge is 0.487 e. The predicted octanol–water partition coefficient (Wildman–Crippen LogP) is 4.09. The summed E-state index contributed by atoms with van der Waals surface area (Å²) in [6, 6.07) is 19.8. The molecule has 6 nitrogen and oxygen atoms in total. The highest BCUT2D eigenvalue weighted by atomic mass is 32.2. The lowest BCUT2D eigenvalue weighted by Gasteiger charge is -2.29. The van der Waals surface area contributed by atoms with Crippen LogP contribution in [0.5, 0.6) is 5.75 Å². The van der Waals surface area contributed by atoms with E-state index in [1.807, 2.05) is 60.7 Å². The van der Waals surface area contributed by atoms with Crippen molar-refractivity contribution in [1.29, 1.82) is 0 Å². The van der Waals surface area contributed by atoms with Gasteiger partial charge in [-0.3, -0.25) is 9.52 Å². The third-order valence-corrected chi connectivity index (χ3v) is 6.47. The standard InChI is InChI=1S/C24H26N2O4S/c1-31(28,29)26-23(27)16-24(14-4-5-15-24)19-9-12-21(13-10-19)30-17-20-11-8-18-6-2-3-7-22(18)25-20/h2-3,6-13H,4-5,14-17H2,1H3,(H,26,27).